The maximum absolute atomic E-state index is 9.23. The topological polar surface area (TPSA) is 48.4 Å². The molecule has 0 saturated carbocycles. The molecule has 0 bridgehead atoms. The van der Waals surface area contributed by atoms with Crippen LogP contribution in [-0.4, -0.2) is 23.2 Å². The summed E-state index contributed by atoms with van der Waals surface area (Å²) >= 11 is 0. The first-order chi connectivity index (χ1) is 10.2. The van der Waals surface area contributed by atoms with Crippen LogP contribution in [0.5, 0.6) is 5.75 Å². The van der Waals surface area contributed by atoms with E-state index in [9.17, 15) is 5.11 Å². The fourth-order valence-electron chi connectivity index (χ4n) is 2.73. The molecule has 1 saturated heterocycles. The minimum absolute atomic E-state index is 0.199. The van der Waals surface area contributed by atoms with Crippen molar-refractivity contribution in [1.29, 1.82) is 0 Å². The van der Waals surface area contributed by atoms with Crippen LogP contribution in [-0.2, 0) is 6.54 Å². The van der Waals surface area contributed by atoms with Crippen LogP contribution in [0.2, 0.25) is 0 Å². The zero-order valence-corrected chi connectivity index (χ0v) is 12.3. The van der Waals surface area contributed by atoms with Crippen LogP contribution in [0.3, 0.4) is 0 Å². The van der Waals surface area contributed by atoms with E-state index in [1.165, 1.54) is 43.4 Å². The van der Waals surface area contributed by atoms with E-state index in [4.69, 9.17) is 0 Å². The molecule has 0 radical (unpaired) electrons. The van der Waals surface area contributed by atoms with Crippen molar-refractivity contribution < 1.29 is 5.11 Å². The van der Waals surface area contributed by atoms with Crippen molar-refractivity contribution in [2.24, 2.45) is 0 Å². The SMILES string of the molecule is Cc1cc(N2CCCC2)ccc1NCc1ccc(O)cn1. The average Bonchev–Trinajstić information content (AvgIpc) is 3.02. The molecule has 4 nitrogen and oxygen atoms in total. The molecule has 2 aromatic rings. The average molecular weight is 283 g/mol. The molecule has 3 rings (SSSR count). The third-order valence-electron chi connectivity index (χ3n) is 3.95. The van der Waals surface area contributed by atoms with Gasteiger partial charge < -0.3 is 15.3 Å². The predicted molar refractivity (Wildman–Crippen MR) is 85.9 cm³/mol. The van der Waals surface area contributed by atoms with E-state index >= 15 is 0 Å². The lowest BCUT2D eigenvalue weighted by molar-refractivity contribution is 0.472. The van der Waals surface area contributed by atoms with Gasteiger partial charge in [-0.2, -0.15) is 0 Å². The quantitative estimate of drug-likeness (QED) is 0.904. The van der Waals surface area contributed by atoms with E-state index in [0.717, 1.165) is 11.4 Å². The van der Waals surface area contributed by atoms with Crippen LogP contribution in [0.4, 0.5) is 11.4 Å². The Balaban J connectivity index is 1.66. The number of aryl methyl sites for hydroxylation is 1. The summed E-state index contributed by atoms with van der Waals surface area (Å²) in [6.07, 6.45) is 4.07. The van der Waals surface area contributed by atoms with E-state index in [1.807, 2.05) is 6.07 Å². The number of rotatable bonds is 4. The van der Waals surface area contributed by atoms with Crippen molar-refractivity contribution in [3.05, 3.63) is 47.8 Å². The highest BCUT2D eigenvalue weighted by molar-refractivity contribution is 5.60. The first-order valence-corrected chi connectivity index (χ1v) is 7.46. The summed E-state index contributed by atoms with van der Waals surface area (Å²) in [4.78, 5) is 6.63. The number of anilines is 2. The number of benzene rings is 1. The molecule has 1 aliphatic heterocycles. The Bertz CT molecular complexity index is 604. The van der Waals surface area contributed by atoms with E-state index in [-0.39, 0.29) is 5.75 Å². The molecule has 1 fully saturated rings. The monoisotopic (exact) mass is 283 g/mol. The van der Waals surface area contributed by atoms with E-state index in [0.29, 0.717) is 6.54 Å². The van der Waals surface area contributed by atoms with Gasteiger partial charge in [-0.25, -0.2) is 0 Å². The second-order valence-electron chi connectivity index (χ2n) is 5.55. The van der Waals surface area contributed by atoms with Crippen LogP contribution >= 0.6 is 0 Å². The summed E-state index contributed by atoms with van der Waals surface area (Å²) in [5.41, 5.74) is 4.61. The van der Waals surface area contributed by atoms with Gasteiger partial charge in [-0.3, -0.25) is 4.98 Å². The third kappa shape index (κ3) is 3.27. The standard InChI is InChI=1S/C17H21N3O/c1-13-10-15(20-8-2-3-9-20)5-7-17(13)19-11-14-4-6-16(21)12-18-14/h4-7,10,12,19,21H,2-3,8-9,11H2,1H3. The Morgan fingerprint density at radius 1 is 1.19 bits per heavy atom. The maximum Gasteiger partial charge on any atom is 0.133 e. The molecule has 110 valence electrons. The van der Waals surface area contributed by atoms with E-state index in [1.54, 1.807) is 6.07 Å². The first kappa shape index (κ1) is 13.7. The number of nitrogens with zero attached hydrogens (tertiary/aromatic N) is 2. The lowest BCUT2D eigenvalue weighted by atomic mass is 10.1. The van der Waals surface area contributed by atoms with Gasteiger partial charge in [0, 0.05) is 24.5 Å². The molecule has 0 aliphatic carbocycles. The maximum atomic E-state index is 9.23. The van der Waals surface area contributed by atoms with Gasteiger partial charge in [-0.05, 0) is 55.7 Å². The molecule has 0 amide bonds. The predicted octanol–water partition coefficient (Wildman–Crippen LogP) is 3.31. The molecule has 1 aromatic carbocycles. The zero-order chi connectivity index (χ0) is 14.7. The summed E-state index contributed by atoms with van der Waals surface area (Å²) < 4.78 is 0. The summed E-state index contributed by atoms with van der Waals surface area (Å²) in [5, 5.41) is 12.6. The Morgan fingerprint density at radius 2 is 2.00 bits per heavy atom. The van der Waals surface area contributed by atoms with Gasteiger partial charge in [-0.15, -0.1) is 0 Å². The van der Waals surface area contributed by atoms with Crippen LogP contribution < -0.4 is 10.2 Å². The number of aromatic hydroxyl groups is 1. The molecule has 0 spiro atoms. The van der Waals surface area contributed by atoms with Crippen molar-refractivity contribution in [2.75, 3.05) is 23.3 Å². The van der Waals surface area contributed by atoms with Gasteiger partial charge in [0.1, 0.15) is 5.75 Å². The molecule has 4 heteroatoms. The van der Waals surface area contributed by atoms with Crippen molar-refractivity contribution in [1.82, 2.24) is 4.98 Å². The summed E-state index contributed by atoms with van der Waals surface area (Å²) in [7, 11) is 0. The largest absolute Gasteiger partial charge is 0.506 e. The highest BCUT2D eigenvalue weighted by atomic mass is 16.3. The first-order valence-electron chi connectivity index (χ1n) is 7.46. The van der Waals surface area contributed by atoms with Crippen molar-refractivity contribution >= 4 is 11.4 Å². The van der Waals surface area contributed by atoms with Gasteiger partial charge in [0.25, 0.3) is 0 Å². The number of pyridine rings is 1. The van der Waals surface area contributed by atoms with Gasteiger partial charge in [0.2, 0.25) is 0 Å². The second-order valence-corrected chi connectivity index (χ2v) is 5.55. The fourth-order valence-corrected chi connectivity index (χ4v) is 2.73. The van der Waals surface area contributed by atoms with E-state index < -0.39 is 0 Å². The van der Waals surface area contributed by atoms with E-state index in [2.05, 4.69) is 40.3 Å². The van der Waals surface area contributed by atoms with Gasteiger partial charge in [0.15, 0.2) is 0 Å². The number of hydrogen-bond acceptors (Lipinski definition) is 4. The van der Waals surface area contributed by atoms with Crippen LogP contribution in [0.15, 0.2) is 36.5 Å². The van der Waals surface area contributed by atoms with Gasteiger partial charge in [0.05, 0.1) is 18.4 Å². The number of aromatic nitrogens is 1. The van der Waals surface area contributed by atoms with Gasteiger partial charge >= 0.3 is 0 Å². The Kier molecular flexibility index (Phi) is 3.95. The number of hydrogen-bond donors (Lipinski definition) is 2. The Labute approximate surface area is 125 Å². The van der Waals surface area contributed by atoms with Crippen molar-refractivity contribution in [3.63, 3.8) is 0 Å². The Morgan fingerprint density at radius 3 is 2.67 bits per heavy atom. The lowest BCUT2D eigenvalue weighted by Crippen LogP contribution is -2.17. The lowest BCUT2D eigenvalue weighted by Gasteiger charge is -2.19. The highest BCUT2D eigenvalue weighted by Gasteiger charge is 2.12. The normalized spacial score (nSPS) is 14.4. The smallest absolute Gasteiger partial charge is 0.133 e. The van der Waals surface area contributed by atoms with Crippen LogP contribution in [0.25, 0.3) is 0 Å². The Hall–Kier alpha value is -2.23. The minimum Gasteiger partial charge on any atom is -0.506 e. The minimum atomic E-state index is 0.199. The fraction of sp³-hybridized carbons (Fsp3) is 0.353. The third-order valence-corrected chi connectivity index (χ3v) is 3.95. The molecule has 0 unspecified atom stereocenters. The summed E-state index contributed by atoms with van der Waals surface area (Å²) in [6, 6.07) is 10.1. The van der Waals surface area contributed by atoms with Gasteiger partial charge in [-0.1, -0.05) is 0 Å². The molecule has 2 heterocycles. The summed E-state index contributed by atoms with van der Waals surface area (Å²) in [5.74, 6) is 0.199. The summed E-state index contributed by atoms with van der Waals surface area (Å²) in [6.45, 7) is 5.13. The second kappa shape index (κ2) is 6.04. The van der Waals surface area contributed by atoms with Crippen LogP contribution in [0.1, 0.15) is 24.1 Å². The molecule has 2 N–H and O–H groups in total. The molecular formula is C17H21N3O. The molecular weight excluding hydrogens is 262 g/mol. The molecule has 21 heavy (non-hydrogen) atoms. The van der Waals surface area contributed by atoms with Crippen molar-refractivity contribution in [2.45, 2.75) is 26.3 Å². The van der Waals surface area contributed by atoms with Crippen LogP contribution in [0, 0.1) is 6.92 Å². The molecule has 1 aromatic heterocycles. The number of nitrogens with one attached hydrogen (secondary N) is 1. The molecule has 1 aliphatic rings. The zero-order valence-electron chi connectivity index (χ0n) is 12.3. The molecule has 0 atom stereocenters. The van der Waals surface area contributed by atoms with Crippen molar-refractivity contribution in [3.8, 4) is 5.75 Å². The highest BCUT2D eigenvalue weighted by Crippen LogP contribution is 2.25.